The third-order valence-electron chi connectivity index (χ3n) is 4.41. The molecular weight excluding hydrogens is 354 g/mol. The summed E-state index contributed by atoms with van der Waals surface area (Å²) in [6, 6.07) is 20.0. The van der Waals surface area contributed by atoms with Crippen LogP contribution in [0.3, 0.4) is 0 Å². The van der Waals surface area contributed by atoms with Crippen molar-refractivity contribution in [1.29, 1.82) is 0 Å². The fourth-order valence-corrected chi connectivity index (χ4v) is 3.96. The van der Waals surface area contributed by atoms with Gasteiger partial charge in [-0.25, -0.2) is 0 Å². The van der Waals surface area contributed by atoms with Crippen molar-refractivity contribution in [3.8, 4) is 0 Å². The molecule has 1 heterocycles. The van der Waals surface area contributed by atoms with E-state index in [2.05, 4.69) is 24.0 Å². The summed E-state index contributed by atoms with van der Waals surface area (Å²) in [5, 5.41) is 6.29. The molecule has 1 aromatic heterocycles. The molecule has 0 atom stereocenters. The van der Waals surface area contributed by atoms with Crippen LogP contribution in [-0.4, -0.2) is 11.7 Å². The Bertz CT molecular complexity index is 1130. The summed E-state index contributed by atoms with van der Waals surface area (Å²) < 4.78 is 5.69. The molecule has 0 saturated carbocycles. The van der Waals surface area contributed by atoms with Crippen molar-refractivity contribution >= 4 is 45.1 Å². The third kappa shape index (κ3) is 3.62. The van der Waals surface area contributed by atoms with Gasteiger partial charge in [-0.15, -0.1) is 18.3 Å². The first-order valence-electron chi connectivity index (χ1n) is 8.76. The first kappa shape index (κ1) is 17.4. The molecule has 1 amide bonds. The number of furan rings is 1. The second kappa shape index (κ2) is 7.72. The number of hydrogen-bond donors (Lipinski definition) is 1. The lowest BCUT2D eigenvalue weighted by molar-refractivity contribution is -0.115. The molecule has 0 unspecified atom stereocenters. The highest BCUT2D eigenvalue weighted by molar-refractivity contribution is 7.99. The maximum atomic E-state index is 12.7. The Morgan fingerprint density at radius 1 is 1.07 bits per heavy atom. The smallest absolute Gasteiger partial charge is 0.228 e. The lowest BCUT2D eigenvalue weighted by Gasteiger charge is -2.10. The van der Waals surface area contributed by atoms with Crippen molar-refractivity contribution in [2.75, 3.05) is 11.1 Å². The highest BCUT2D eigenvalue weighted by atomic mass is 32.2. The van der Waals surface area contributed by atoms with Gasteiger partial charge in [0.1, 0.15) is 5.58 Å². The molecule has 0 aliphatic carbocycles. The van der Waals surface area contributed by atoms with E-state index in [1.807, 2.05) is 54.6 Å². The van der Waals surface area contributed by atoms with E-state index < -0.39 is 0 Å². The van der Waals surface area contributed by atoms with E-state index >= 15 is 0 Å². The predicted octanol–water partition coefficient (Wildman–Crippen LogP) is 6.05. The van der Waals surface area contributed by atoms with Crippen molar-refractivity contribution in [1.82, 2.24) is 0 Å². The zero-order valence-electron chi connectivity index (χ0n) is 14.8. The zero-order chi connectivity index (χ0) is 18.6. The Hall–Kier alpha value is -2.98. The van der Waals surface area contributed by atoms with Crippen LogP contribution < -0.4 is 5.32 Å². The van der Waals surface area contributed by atoms with Crippen LogP contribution in [0.5, 0.6) is 0 Å². The molecule has 0 radical (unpaired) electrons. The highest BCUT2D eigenvalue weighted by Crippen LogP contribution is 2.31. The maximum Gasteiger partial charge on any atom is 0.228 e. The van der Waals surface area contributed by atoms with E-state index in [0.717, 1.165) is 43.6 Å². The highest BCUT2D eigenvalue weighted by Gasteiger charge is 2.14. The number of hydrogen-bond acceptors (Lipinski definition) is 3. The van der Waals surface area contributed by atoms with Crippen molar-refractivity contribution in [3.63, 3.8) is 0 Å². The van der Waals surface area contributed by atoms with Crippen molar-refractivity contribution < 1.29 is 9.21 Å². The monoisotopic (exact) mass is 373 g/mol. The van der Waals surface area contributed by atoms with E-state index in [9.17, 15) is 4.79 Å². The molecule has 3 nitrogen and oxygen atoms in total. The summed E-state index contributed by atoms with van der Waals surface area (Å²) >= 11 is 1.65. The molecule has 0 aliphatic rings. The molecule has 0 fully saturated rings. The summed E-state index contributed by atoms with van der Waals surface area (Å²) in [7, 11) is 0. The Morgan fingerprint density at radius 3 is 2.78 bits per heavy atom. The van der Waals surface area contributed by atoms with Crippen LogP contribution in [0, 0.1) is 0 Å². The zero-order valence-corrected chi connectivity index (χ0v) is 15.6. The number of para-hydroxylation sites is 1. The van der Waals surface area contributed by atoms with E-state index in [4.69, 9.17) is 4.42 Å². The number of thioether (sulfide) groups is 1. The maximum absolute atomic E-state index is 12.7. The van der Waals surface area contributed by atoms with Crippen LogP contribution in [-0.2, 0) is 11.2 Å². The molecule has 3 aromatic carbocycles. The largest absolute Gasteiger partial charge is 0.464 e. The van der Waals surface area contributed by atoms with Gasteiger partial charge < -0.3 is 9.73 Å². The fraction of sp³-hybridized carbons (Fsp3) is 0.0870. The van der Waals surface area contributed by atoms with Gasteiger partial charge in [-0.3, -0.25) is 4.79 Å². The van der Waals surface area contributed by atoms with E-state index in [1.54, 1.807) is 18.0 Å². The number of nitrogens with one attached hydrogen (secondary N) is 1. The summed E-state index contributed by atoms with van der Waals surface area (Å²) in [6.07, 6.45) is 3.81. The molecular formula is C23H19NO2S. The second-order valence-electron chi connectivity index (χ2n) is 6.24. The van der Waals surface area contributed by atoms with Gasteiger partial charge in [0.15, 0.2) is 0 Å². The fourth-order valence-electron chi connectivity index (χ4n) is 3.22. The summed E-state index contributed by atoms with van der Waals surface area (Å²) in [6.45, 7) is 3.75. The van der Waals surface area contributed by atoms with Crippen LogP contribution in [0.4, 0.5) is 5.69 Å². The minimum absolute atomic E-state index is 0.0581. The molecule has 4 rings (SSSR count). The van der Waals surface area contributed by atoms with Gasteiger partial charge in [0, 0.05) is 21.6 Å². The molecule has 4 heteroatoms. The first-order chi connectivity index (χ1) is 13.3. The average molecular weight is 373 g/mol. The molecule has 1 N–H and O–H groups in total. The number of fused-ring (bicyclic) bond motifs is 3. The Labute approximate surface area is 162 Å². The molecule has 0 saturated heterocycles. The number of carbonyl (C=O) groups excluding carboxylic acids is 1. The van der Waals surface area contributed by atoms with Crippen molar-refractivity contribution in [2.24, 2.45) is 0 Å². The second-order valence-corrected chi connectivity index (χ2v) is 7.30. The van der Waals surface area contributed by atoms with Crippen LogP contribution >= 0.6 is 11.8 Å². The van der Waals surface area contributed by atoms with Gasteiger partial charge >= 0.3 is 0 Å². The standard InChI is InChI=1S/C23H19NO2S/c1-2-13-27-21-10-6-5-9-19(21)24-22(25)14-17-15-26-20-12-11-16-7-3-4-8-18(16)23(17)20/h2-12,15H,1,13-14H2,(H,24,25). The molecule has 0 spiro atoms. The van der Waals surface area contributed by atoms with Crippen LogP contribution in [0.1, 0.15) is 5.56 Å². The summed E-state index contributed by atoms with van der Waals surface area (Å²) in [4.78, 5) is 13.7. The van der Waals surface area contributed by atoms with Gasteiger partial charge in [0.05, 0.1) is 18.4 Å². The first-order valence-corrected chi connectivity index (χ1v) is 9.75. The van der Waals surface area contributed by atoms with Gasteiger partial charge in [-0.2, -0.15) is 0 Å². The Morgan fingerprint density at radius 2 is 1.89 bits per heavy atom. The molecule has 134 valence electrons. The normalized spacial score (nSPS) is 11.0. The molecule has 0 aliphatic heterocycles. The van der Waals surface area contributed by atoms with Gasteiger partial charge in [0.2, 0.25) is 5.91 Å². The number of amides is 1. The SMILES string of the molecule is C=CCSc1ccccc1NC(=O)Cc1coc2ccc3ccccc3c12. The van der Waals surface area contributed by atoms with Gasteiger partial charge in [0.25, 0.3) is 0 Å². The lowest BCUT2D eigenvalue weighted by atomic mass is 10.0. The van der Waals surface area contributed by atoms with Crippen molar-refractivity contribution in [2.45, 2.75) is 11.3 Å². The molecule has 0 bridgehead atoms. The minimum Gasteiger partial charge on any atom is -0.464 e. The van der Waals surface area contributed by atoms with Gasteiger partial charge in [-0.1, -0.05) is 48.5 Å². The number of benzene rings is 3. The third-order valence-corrected chi connectivity index (χ3v) is 5.48. The molecule has 4 aromatic rings. The van der Waals surface area contributed by atoms with Crippen molar-refractivity contribution in [3.05, 3.63) is 85.1 Å². The number of rotatable bonds is 6. The minimum atomic E-state index is -0.0581. The van der Waals surface area contributed by atoms with Gasteiger partial charge in [-0.05, 0) is 29.0 Å². The topological polar surface area (TPSA) is 42.2 Å². The van der Waals surface area contributed by atoms with Crippen LogP contribution in [0.25, 0.3) is 21.7 Å². The number of carbonyl (C=O) groups is 1. The quantitative estimate of drug-likeness (QED) is 0.331. The average Bonchev–Trinajstić information content (AvgIpc) is 3.10. The van der Waals surface area contributed by atoms with E-state index in [-0.39, 0.29) is 12.3 Å². The molecule has 27 heavy (non-hydrogen) atoms. The summed E-state index contributed by atoms with van der Waals surface area (Å²) in [5.74, 6) is 0.739. The van der Waals surface area contributed by atoms with Crippen LogP contribution in [0.2, 0.25) is 0 Å². The predicted molar refractivity (Wildman–Crippen MR) is 113 cm³/mol. The number of anilines is 1. The van der Waals surface area contributed by atoms with E-state index in [0.29, 0.717) is 0 Å². The Kier molecular flexibility index (Phi) is 4.99. The van der Waals surface area contributed by atoms with Crippen LogP contribution in [0.15, 0.2) is 88.9 Å². The van der Waals surface area contributed by atoms with E-state index in [1.165, 1.54) is 0 Å². The summed E-state index contributed by atoms with van der Waals surface area (Å²) in [5.41, 5.74) is 2.53. The lowest BCUT2D eigenvalue weighted by Crippen LogP contribution is -2.14. The Balaban J connectivity index is 1.61.